The van der Waals surface area contributed by atoms with Crippen LogP contribution in [0.3, 0.4) is 0 Å². The van der Waals surface area contributed by atoms with Gasteiger partial charge in [0, 0.05) is 12.1 Å². The topological polar surface area (TPSA) is 66.8 Å². The molecule has 5 heteroatoms. The van der Waals surface area contributed by atoms with Crippen molar-refractivity contribution in [3.63, 3.8) is 0 Å². The summed E-state index contributed by atoms with van der Waals surface area (Å²) in [6.45, 7) is 9.23. The fourth-order valence-electron chi connectivity index (χ4n) is 3.76. The average Bonchev–Trinajstić information content (AvgIpc) is 3.03. The Hall–Kier alpha value is -3.08. The van der Waals surface area contributed by atoms with Gasteiger partial charge in [-0.3, -0.25) is 9.59 Å². The lowest BCUT2D eigenvalue weighted by Gasteiger charge is -2.25. The van der Waals surface area contributed by atoms with E-state index in [0.717, 1.165) is 23.3 Å². The van der Waals surface area contributed by atoms with Gasteiger partial charge in [0.25, 0.3) is 11.7 Å². The predicted molar refractivity (Wildman–Crippen MR) is 122 cm³/mol. The number of hydrogen-bond acceptors (Lipinski definition) is 4. The number of Topliss-reactive ketones (excluding diaryl/α,β-unsaturated/α-hetero) is 1. The molecule has 0 saturated carbocycles. The lowest BCUT2D eigenvalue weighted by Crippen LogP contribution is -2.30. The molecule has 3 rings (SSSR count). The molecule has 1 aliphatic rings. The van der Waals surface area contributed by atoms with Crippen LogP contribution in [0.25, 0.3) is 5.76 Å². The highest BCUT2D eigenvalue weighted by Crippen LogP contribution is 2.39. The molecule has 5 nitrogen and oxygen atoms in total. The van der Waals surface area contributed by atoms with Crippen molar-refractivity contribution in [2.75, 3.05) is 13.2 Å². The minimum absolute atomic E-state index is 0.134. The summed E-state index contributed by atoms with van der Waals surface area (Å²) in [6.07, 6.45) is 1.59. The lowest BCUT2D eigenvalue weighted by molar-refractivity contribution is -0.139. The third kappa shape index (κ3) is 4.82. The van der Waals surface area contributed by atoms with Gasteiger partial charge in [0.2, 0.25) is 0 Å². The minimum atomic E-state index is -0.643. The van der Waals surface area contributed by atoms with Gasteiger partial charge in [0.15, 0.2) is 0 Å². The first kappa shape index (κ1) is 22.6. The summed E-state index contributed by atoms with van der Waals surface area (Å²) in [4.78, 5) is 27.3. The van der Waals surface area contributed by atoms with E-state index < -0.39 is 17.7 Å². The number of benzene rings is 2. The van der Waals surface area contributed by atoms with Gasteiger partial charge in [-0.05, 0) is 42.0 Å². The van der Waals surface area contributed by atoms with Crippen LogP contribution in [0.2, 0.25) is 0 Å². The molecule has 2 aromatic rings. The molecule has 0 spiro atoms. The van der Waals surface area contributed by atoms with Gasteiger partial charge in [0.05, 0.1) is 18.2 Å². The Bertz CT molecular complexity index is 958. The van der Waals surface area contributed by atoms with E-state index in [1.807, 2.05) is 43.3 Å². The lowest BCUT2D eigenvalue weighted by atomic mass is 9.95. The van der Waals surface area contributed by atoms with Crippen LogP contribution in [0.15, 0.2) is 54.1 Å². The molecule has 1 N–H and O–H groups in total. The number of aryl methyl sites for hydroxylation is 1. The zero-order valence-corrected chi connectivity index (χ0v) is 18.7. The molecule has 0 aliphatic carbocycles. The molecular weight excluding hydrogens is 390 g/mol. The van der Waals surface area contributed by atoms with Gasteiger partial charge < -0.3 is 14.7 Å². The van der Waals surface area contributed by atoms with Crippen LogP contribution in [0, 0.1) is 5.92 Å². The van der Waals surface area contributed by atoms with E-state index in [2.05, 4.69) is 20.8 Å². The molecule has 1 heterocycles. The number of amides is 1. The van der Waals surface area contributed by atoms with Crippen LogP contribution in [-0.4, -0.2) is 34.8 Å². The highest BCUT2D eigenvalue weighted by molar-refractivity contribution is 6.46. The van der Waals surface area contributed by atoms with Crippen LogP contribution in [-0.2, 0) is 16.0 Å². The van der Waals surface area contributed by atoms with Gasteiger partial charge in [0.1, 0.15) is 11.5 Å². The molecule has 0 bridgehead atoms. The summed E-state index contributed by atoms with van der Waals surface area (Å²) in [6, 6.07) is 14.2. The van der Waals surface area contributed by atoms with Crippen molar-refractivity contribution in [1.29, 1.82) is 0 Å². The third-order valence-corrected chi connectivity index (χ3v) is 5.42. The second-order valence-electron chi connectivity index (χ2n) is 8.32. The van der Waals surface area contributed by atoms with Crippen molar-refractivity contribution in [3.8, 4) is 5.75 Å². The van der Waals surface area contributed by atoms with Crippen LogP contribution in [0.5, 0.6) is 5.75 Å². The van der Waals surface area contributed by atoms with Crippen molar-refractivity contribution >= 4 is 17.4 Å². The number of carbonyl (C=O) groups excluding carboxylic acids is 2. The number of aliphatic hydroxyl groups is 1. The molecule has 1 fully saturated rings. The van der Waals surface area contributed by atoms with Crippen molar-refractivity contribution in [3.05, 3.63) is 70.8 Å². The second kappa shape index (κ2) is 9.82. The largest absolute Gasteiger partial charge is 0.507 e. The molecule has 2 aromatic carbocycles. The number of ketones is 1. The fourth-order valence-corrected chi connectivity index (χ4v) is 3.76. The van der Waals surface area contributed by atoms with Gasteiger partial charge in [-0.15, -0.1) is 0 Å². The first-order valence-electron chi connectivity index (χ1n) is 11.0. The maximum Gasteiger partial charge on any atom is 0.295 e. The molecule has 0 aromatic heterocycles. The molecule has 1 atom stereocenters. The summed E-state index contributed by atoms with van der Waals surface area (Å²) < 4.78 is 5.76. The Balaban J connectivity index is 2.03. The highest BCUT2D eigenvalue weighted by atomic mass is 16.5. The standard InChI is InChI=1S/C26H31NO4/c1-5-15-27-23(19-11-13-21(14-12-19)31-16-17(3)4)22(25(29)26(27)30)24(28)20-9-7-18(6-2)8-10-20/h7-14,17,23,28H,5-6,15-16H2,1-4H3/b24-22-. The van der Waals surface area contributed by atoms with Crippen molar-refractivity contribution in [2.24, 2.45) is 5.92 Å². The Morgan fingerprint density at radius 3 is 2.23 bits per heavy atom. The summed E-state index contributed by atoms with van der Waals surface area (Å²) in [7, 11) is 0. The van der Waals surface area contributed by atoms with E-state index in [0.29, 0.717) is 31.1 Å². The van der Waals surface area contributed by atoms with Gasteiger partial charge in [-0.25, -0.2) is 0 Å². The van der Waals surface area contributed by atoms with Crippen molar-refractivity contribution in [2.45, 2.75) is 46.6 Å². The molecule has 1 aliphatic heterocycles. The monoisotopic (exact) mass is 421 g/mol. The quantitative estimate of drug-likeness (QED) is 0.365. The van der Waals surface area contributed by atoms with E-state index in [1.165, 1.54) is 0 Å². The maximum absolute atomic E-state index is 12.9. The van der Waals surface area contributed by atoms with Gasteiger partial charge in [-0.2, -0.15) is 0 Å². The highest BCUT2D eigenvalue weighted by Gasteiger charge is 2.45. The number of aliphatic hydroxyl groups excluding tert-OH is 1. The van der Waals surface area contributed by atoms with E-state index in [9.17, 15) is 14.7 Å². The number of nitrogens with zero attached hydrogens (tertiary/aromatic N) is 1. The molecular formula is C26H31NO4. The average molecular weight is 422 g/mol. The molecule has 0 radical (unpaired) electrons. The Morgan fingerprint density at radius 1 is 1.03 bits per heavy atom. The normalized spacial score (nSPS) is 18.1. The van der Waals surface area contributed by atoms with Crippen LogP contribution < -0.4 is 4.74 Å². The van der Waals surface area contributed by atoms with Gasteiger partial charge >= 0.3 is 0 Å². The summed E-state index contributed by atoms with van der Waals surface area (Å²) in [5, 5.41) is 11.0. The van der Waals surface area contributed by atoms with Crippen LogP contribution in [0.4, 0.5) is 0 Å². The summed E-state index contributed by atoms with van der Waals surface area (Å²) in [5.74, 6) is -0.200. The van der Waals surface area contributed by atoms with E-state index >= 15 is 0 Å². The number of carbonyl (C=O) groups is 2. The summed E-state index contributed by atoms with van der Waals surface area (Å²) in [5.41, 5.74) is 2.58. The van der Waals surface area contributed by atoms with E-state index in [4.69, 9.17) is 4.74 Å². The summed E-state index contributed by atoms with van der Waals surface area (Å²) >= 11 is 0. The first-order valence-corrected chi connectivity index (χ1v) is 11.0. The Labute approximate surface area is 184 Å². The van der Waals surface area contributed by atoms with Gasteiger partial charge in [-0.1, -0.05) is 64.1 Å². The fraction of sp³-hybridized carbons (Fsp3) is 0.385. The zero-order valence-electron chi connectivity index (χ0n) is 18.7. The SMILES string of the molecule is CCCN1C(=O)C(=O)/C(=C(\O)c2ccc(CC)cc2)C1c1ccc(OCC(C)C)cc1. The number of hydrogen-bond donors (Lipinski definition) is 1. The number of ether oxygens (including phenoxy) is 1. The molecule has 164 valence electrons. The first-order chi connectivity index (χ1) is 14.9. The van der Waals surface area contributed by atoms with E-state index in [1.54, 1.807) is 17.0 Å². The molecule has 1 saturated heterocycles. The number of rotatable bonds is 8. The maximum atomic E-state index is 12.9. The molecule has 1 unspecified atom stereocenters. The second-order valence-corrected chi connectivity index (χ2v) is 8.32. The molecule has 1 amide bonds. The zero-order chi connectivity index (χ0) is 22.5. The van der Waals surface area contributed by atoms with E-state index in [-0.39, 0.29) is 11.3 Å². The minimum Gasteiger partial charge on any atom is -0.507 e. The Morgan fingerprint density at radius 2 is 1.68 bits per heavy atom. The smallest absolute Gasteiger partial charge is 0.295 e. The number of likely N-dealkylation sites (tertiary alicyclic amines) is 1. The third-order valence-electron chi connectivity index (χ3n) is 5.42. The van der Waals surface area contributed by atoms with Crippen molar-refractivity contribution < 1.29 is 19.4 Å². The van der Waals surface area contributed by atoms with Crippen molar-refractivity contribution in [1.82, 2.24) is 4.90 Å². The molecule has 31 heavy (non-hydrogen) atoms. The predicted octanol–water partition coefficient (Wildman–Crippen LogP) is 5.12. The van der Waals surface area contributed by atoms with Crippen LogP contribution in [0.1, 0.15) is 56.8 Å². The van der Waals surface area contributed by atoms with Crippen LogP contribution >= 0.6 is 0 Å². The Kier molecular flexibility index (Phi) is 7.16.